The number of hydrogen-bond donors (Lipinski definition) is 2. The van der Waals surface area contributed by atoms with Crippen LogP contribution in [0.25, 0.3) is 0 Å². The van der Waals surface area contributed by atoms with Crippen LogP contribution in [0.3, 0.4) is 0 Å². The molecule has 1 rings (SSSR count). The lowest BCUT2D eigenvalue weighted by Crippen LogP contribution is -2.44. The average molecular weight is 277 g/mol. The van der Waals surface area contributed by atoms with Gasteiger partial charge in [-0.25, -0.2) is 4.79 Å². The summed E-state index contributed by atoms with van der Waals surface area (Å²) in [5.41, 5.74) is 0. The van der Waals surface area contributed by atoms with Crippen molar-refractivity contribution in [1.29, 1.82) is 0 Å². The van der Waals surface area contributed by atoms with Gasteiger partial charge in [0.15, 0.2) is 5.79 Å². The standard InChI is InChI=1S/C11H19NO5S/c1-7(5-18)9(13)12-6-11(16-2,17-3)4-8(12)10(14)15/h7-8,18H,4-6H2,1-3H3,(H,14,15)/t7-,8+/m1/s1. The van der Waals surface area contributed by atoms with E-state index in [9.17, 15) is 14.7 Å². The van der Waals surface area contributed by atoms with E-state index in [0.717, 1.165) is 0 Å². The molecule has 1 aliphatic rings. The van der Waals surface area contributed by atoms with E-state index in [-0.39, 0.29) is 24.8 Å². The zero-order valence-electron chi connectivity index (χ0n) is 10.8. The Kier molecular flexibility index (Phi) is 5.01. The van der Waals surface area contributed by atoms with Gasteiger partial charge in [-0.05, 0) is 0 Å². The number of methoxy groups -OCH3 is 2. The Labute approximate surface area is 112 Å². The van der Waals surface area contributed by atoms with Crippen molar-refractivity contribution in [3.8, 4) is 0 Å². The molecule has 104 valence electrons. The highest BCUT2D eigenvalue weighted by atomic mass is 32.1. The van der Waals surface area contributed by atoms with Crippen molar-refractivity contribution in [2.24, 2.45) is 5.92 Å². The molecule has 1 heterocycles. The average Bonchev–Trinajstić information content (AvgIpc) is 2.77. The first kappa shape index (κ1) is 15.3. The van der Waals surface area contributed by atoms with Crippen LogP contribution in [0.5, 0.6) is 0 Å². The van der Waals surface area contributed by atoms with Crippen molar-refractivity contribution in [2.45, 2.75) is 25.2 Å². The number of ether oxygens (including phenoxy) is 2. The van der Waals surface area contributed by atoms with Crippen LogP contribution in [0.1, 0.15) is 13.3 Å². The molecular formula is C11H19NO5S. The topological polar surface area (TPSA) is 76.1 Å². The van der Waals surface area contributed by atoms with Crippen molar-refractivity contribution in [3.05, 3.63) is 0 Å². The SMILES string of the molecule is COC1(OC)C[C@@H](C(=O)O)N(C(=O)[C@H](C)CS)C1. The van der Waals surface area contributed by atoms with Crippen molar-refractivity contribution < 1.29 is 24.2 Å². The molecule has 0 aromatic carbocycles. The van der Waals surface area contributed by atoms with Crippen LogP contribution >= 0.6 is 12.6 Å². The number of thiol groups is 1. The largest absolute Gasteiger partial charge is 0.480 e. The number of likely N-dealkylation sites (tertiary alicyclic amines) is 1. The maximum atomic E-state index is 12.1. The summed E-state index contributed by atoms with van der Waals surface area (Å²) in [6.07, 6.45) is 0.125. The van der Waals surface area contributed by atoms with Gasteiger partial charge in [-0.3, -0.25) is 4.79 Å². The minimum absolute atomic E-state index is 0.119. The fraction of sp³-hybridized carbons (Fsp3) is 0.818. The van der Waals surface area contributed by atoms with Gasteiger partial charge in [0.25, 0.3) is 0 Å². The highest BCUT2D eigenvalue weighted by molar-refractivity contribution is 7.80. The summed E-state index contributed by atoms with van der Waals surface area (Å²) in [4.78, 5) is 24.6. The molecule has 0 aromatic heterocycles. The lowest BCUT2D eigenvalue weighted by Gasteiger charge is -2.27. The van der Waals surface area contributed by atoms with Crippen LogP contribution < -0.4 is 0 Å². The number of rotatable bonds is 5. The van der Waals surface area contributed by atoms with Gasteiger partial charge >= 0.3 is 5.97 Å². The molecule has 0 saturated carbocycles. The molecule has 1 saturated heterocycles. The van der Waals surface area contributed by atoms with Crippen molar-refractivity contribution in [2.75, 3.05) is 26.5 Å². The lowest BCUT2D eigenvalue weighted by atomic mass is 10.1. The summed E-state index contributed by atoms with van der Waals surface area (Å²) >= 11 is 4.06. The van der Waals surface area contributed by atoms with E-state index in [2.05, 4.69) is 12.6 Å². The predicted octanol–water partition coefficient (Wildman–Crippen LogP) is 0.227. The lowest BCUT2D eigenvalue weighted by molar-refractivity contribution is -0.197. The summed E-state index contributed by atoms with van der Waals surface area (Å²) in [5, 5.41) is 9.19. The van der Waals surface area contributed by atoms with Crippen LogP contribution in [0.4, 0.5) is 0 Å². The third kappa shape index (κ3) is 2.78. The van der Waals surface area contributed by atoms with Crippen molar-refractivity contribution in [3.63, 3.8) is 0 Å². The smallest absolute Gasteiger partial charge is 0.326 e. The van der Waals surface area contributed by atoms with E-state index >= 15 is 0 Å². The molecule has 0 aliphatic carbocycles. The van der Waals surface area contributed by atoms with E-state index in [1.54, 1.807) is 6.92 Å². The zero-order chi connectivity index (χ0) is 13.9. The molecule has 18 heavy (non-hydrogen) atoms. The van der Waals surface area contributed by atoms with Gasteiger partial charge in [-0.2, -0.15) is 12.6 Å². The summed E-state index contributed by atoms with van der Waals surface area (Å²) < 4.78 is 10.4. The maximum absolute atomic E-state index is 12.1. The third-order valence-corrected chi connectivity index (χ3v) is 3.85. The molecule has 0 bridgehead atoms. The normalized spacial score (nSPS) is 24.0. The Bertz CT molecular complexity index is 331. The molecule has 1 N–H and O–H groups in total. The predicted molar refractivity (Wildman–Crippen MR) is 67.5 cm³/mol. The molecule has 1 fully saturated rings. The molecule has 7 heteroatoms. The van der Waals surface area contributed by atoms with E-state index < -0.39 is 17.8 Å². The van der Waals surface area contributed by atoms with Gasteiger partial charge in [-0.15, -0.1) is 0 Å². The highest BCUT2D eigenvalue weighted by Gasteiger charge is 2.50. The van der Waals surface area contributed by atoms with Gasteiger partial charge in [0.05, 0.1) is 6.54 Å². The van der Waals surface area contributed by atoms with Crippen LogP contribution in [-0.4, -0.2) is 60.2 Å². The molecule has 6 nitrogen and oxygen atoms in total. The summed E-state index contributed by atoms with van der Waals surface area (Å²) in [7, 11) is 2.89. The number of nitrogens with zero attached hydrogens (tertiary/aromatic N) is 1. The first-order chi connectivity index (χ1) is 8.40. The second kappa shape index (κ2) is 5.90. The number of carboxylic acid groups (broad SMARTS) is 1. The molecule has 0 spiro atoms. The number of carbonyl (C=O) groups is 2. The molecular weight excluding hydrogens is 258 g/mol. The summed E-state index contributed by atoms with van der Waals surface area (Å²) in [6, 6.07) is -0.917. The van der Waals surface area contributed by atoms with Crippen molar-refractivity contribution >= 4 is 24.5 Å². The fourth-order valence-electron chi connectivity index (χ4n) is 2.03. The molecule has 0 unspecified atom stereocenters. The molecule has 0 radical (unpaired) electrons. The number of carbonyl (C=O) groups excluding carboxylic acids is 1. The first-order valence-electron chi connectivity index (χ1n) is 5.65. The van der Waals surface area contributed by atoms with Gasteiger partial charge in [-0.1, -0.05) is 6.92 Å². The van der Waals surface area contributed by atoms with E-state index in [4.69, 9.17) is 9.47 Å². The van der Waals surface area contributed by atoms with Gasteiger partial charge in [0.1, 0.15) is 6.04 Å². The maximum Gasteiger partial charge on any atom is 0.326 e. The van der Waals surface area contributed by atoms with E-state index in [1.807, 2.05) is 0 Å². The number of amides is 1. The van der Waals surface area contributed by atoms with Crippen LogP contribution in [-0.2, 0) is 19.1 Å². The Hall–Kier alpha value is -0.790. The molecule has 1 amide bonds. The monoisotopic (exact) mass is 277 g/mol. The molecule has 0 aromatic rings. The minimum Gasteiger partial charge on any atom is -0.480 e. The summed E-state index contributed by atoms with van der Waals surface area (Å²) in [6.45, 7) is 1.84. The number of aliphatic carboxylic acids is 1. The molecule has 1 aliphatic heterocycles. The fourth-order valence-corrected chi connectivity index (χ4v) is 2.19. The molecule has 2 atom stereocenters. The second-order valence-corrected chi connectivity index (χ2v) is 4.79. The first-order valence-corrected chi connectivity index (χ1v) is 6.28. The van der Waals surface area contributed by atoms with Crippen LogP contribution in [0, 0.1) is 5.92 Å². The van der Waals surface area contributed by atoms with Crippen LogP contribution in [0.15, 0.2) is 0 Å². The highest BCUT2D eigenvalue weighted by Crippen LogP contribution is 2.32. The number of carboxylic acids is 1. The zero-order valence-corrected chi connectivity index (χ0v) is 11.6. The number of hydrogen-bond acceptors (Lipinski definition) is 5. The second-order valence-electron chi connectivity index (χ2n) is 4.43. The summed E-state index contributed by atoms with van der Waals surface area (Å²) in [5.74, 6) is -2.29. The quantitative estimate of drug-likeness (QED) is 0.555. The van der Waals surface area contributed by atoms with Crippen molar-refractivity contribution in [1.82, 2.24) is 4.90 Å². The van der Waals surface area contributed by atoms with Gasteiger partial charge < -0.3 is 19.5 Å². The van der Waals surface area contributed by atoms with E-state index in [0.29, 0.717) is 5.75 Å². The Morgan fingerprint density at radius 1 is 1.50 bits per heavy atom. The van der Waals surface area contributed by atoms with Crippen LogP contribution in [0.2, 0.25) is 0 Å². The third-order valence-electron chi connectivity index (χ3n) is 3.30. The minimum atomic E-state index is -1.05. The Balaban J connectivity index is 2.95. The van der Waals surface area contributed by atoms with Gasteiger partial charge in [0.2, 0.25) is 5.91 Å². The van der Waals surface area contributed by atoms with Gasteiger partial charge in [0, 0.05) is 32.3 Å². The van der Waals surface area contributed by atoms with E-state index in [1.165, 1.54) is 19.1 Å². The Morgan fingerprint density at radius 2 is 2.06 bits per heavy atom. The Morgan fingerprint density at radius 3 is 2.44 bits per heavy atom.